The van der Waals surface area contributed by atoms with E-state index in [9.17, 15) is 18.0 Å². The second kappa shape index (κ2) is 10.2. The Morgan fingerprint density at radius 3 is 2.41 bits per heavy atom. The average molecular weight is 409 g/mol. The number of ether oxygens (including phenoxy) is 2. The van der Waals surface area contributed by atoms with Gasteiger partial charge in [0, 0.05) is 6.42 Å². The van der Waals surface area contributed by atoms with Crippen LogP contribution < -0.4 is 14.8 Å². The highest BCUT2D eigenvalue weighted by Gasteiger charge is 2.31. The van der Waals surface area contributed by atoms with Crippen molar-refractivity contribution >= 4 is 5.91 Å². The van der Waals surface area contributed by atoms with Crippen LogP contribution in [0, 0.1) is 0 Å². The van der Waals surface area contributed by atoms with Crippen LogP contribution in [0.2, 0.25) is 0 Å². The molecule has 7 heteroatoms. The van der Waals surface area contributed by atoms with E-state index >= 15 is 0 Å². The number of alkyl halides is 3. The molecule has 0 aliphatic rings. The summed E-state index contributed by atoms with van der Waals surface area (Å²) in [6.45, 7) is 1.93. The van der Waals surface area contributed by atoms with Crippen molar-refractivity contribution in [1.82, 2.24) is 5.32 Å². The largest absolute Gasteiger partial charge is 0.493 e. The number of carbonyl (C=O) groups excluding carboxylic acids is 1. The lowest BCUT2D eigenvalue weighted by Gasteiger charge is -2.20. The number of halogens is 3. The maximum absolute atomic E-state index is 13.0. The summed E-state index contributed by atoms with van der Waals surface area (Å²) in [4.78, 5) is 12.4. The number of nitrogens with one attached hydrogen (secondary N) is 1. The fraction of sp³-hybridized carbons (Fsp3) is 0.409. The molecule has 0 saturated heterocycles. The number of hydrogen-bond donors (Lipinski definition) is 1. The van der Waals surface area contributed by atoms with Crippen molar-refractivity contribution in [3.63, 3.8) is 0 Å². The van der Waals surface area contributed by atoms with E-state index in [2.05, 4.69) is 5.32 Å². The summed E-state index contributed by atoms with van der Waals surface area (Å²) in [5.41, 5.74) is 0.653. The second-order valence-electron chi connectivity index (χ2n) is 6.72. The first-order valence-corrected chi connectivity index (χ1v) is 9.46. The molecule has 29 heavy (non-hydrogen) atoms. The van der Waals surface area contributed by atoms with Crippen molar-refractivity contribution in [1.29, 1.82) is 0 Å². The highest BCUT2D eigenvalue weighted by Crippen LogP contribution is 2.32. The third kappa shape index (κ3) is 6.41. The number of benzene rings is 2. The van der Waals surface area contributed by atoms with Crippen molar-refractivity contribution < 1.29 is 27.4 Å². The predicted molar refractivity (Wildman–Crippen MR) is 105 cm³/mol. The Kier molecular flexibility index (Phi) is 7.93. The van der Waals surface area contributed by atoms with Crippen LogP contribution in [-0.2, 0) is 17.4 Å². The van der Waals surface area contributed by atoms with Gasteiger partial charge < -0.3 is 14.8 Å². The van der Waals surface area contributed by atoms with Crippen LogP contribution in [-0.4, -0.2) is 20.1 Å². The maximum atomic E-state index is 13.0. The van der Waals surface area contributed by atoms with Gasteiger partial charge in [0.25, 0.3) is 0 Å². The molecule has 0 heterocycles. The zero-order valence-corrected chi connectivity index (χ0v) is 16.8. The quantitative estimate of drug-likeness (QED) is 0.610. The van der Waals surface area contributed by atoms with Crippen LogP contribution in [0.25, 0.3) is 0 Å². The van der Waals surface area contributed by atoms with E-state index in [1.807, 2.05) is 19.1 Å². The van der Waals surface area contributed by atoms with Crippen LogP contribution in [0.4, 0.5) is 13.2 Å². The van der Waals surface area contributed by atoms with Crippen LogP contribution in [0.5, 0.6) is 11.5 Å². The zero-order valence-electron chi connectivity index (χ0n) is 16.8. The Hall–Kier alpha value is -2.70. The van der Waals surface area contributed by atoms with Gasteiger partial charge in [-0.05, 0) is 48.2 Å². The Labute approximate surface area is 169 Å². The van der Waals surface area contributed by atoms with Crippen molar-refractivity contribution in [3.8, 4) is 11.5 Å². The van der Waals surface area contributed by atoms with Crippen LogP contribution in [0.1, 0.15) is 48.9 Å². The number of rotatable bonds is 9. The molecule has 4 nitrogen and oxygen atoms in total. The lowest BCUT2D eigenvalue weighted by atomic mass is 9.99. The Morgan fingerprint density at radius 2 is 1.79 bits per heavy atom. The maximum Gasteiger partial charge on any atom is 0.416 e. The number of methoxy groups -OCH3 is 2. The Balaban J connectivity index is 2.05. The third-order valence-electron chi connectivity index (χ3n) is 4.62. The summed E-state index contributed by atoms with van der Waals surface area (Å²) < 4.78 is 49.4. The minimum absolute atomic E-state index is 0.212. The summed E-state index contributed by atoms with van der Waals surface area (Å²) in [5.74, 6) is 0.974. The topological polar surface area (TPSA) is 47.6 Å². The van der Waals surface area contributed by atoms with Crippen molar-refractivity contribution in [3.05, 3.63) is 59.2 Å². The molecule has 0 fully saturated rings. The molecule has 1 atom stereocenters. The van der Waals surface area contributed by atoms with Gasteiger partial charge in [-0.3, -0.25) is 4.79 Å². The van der Waals surface area contributed by atoms with Crippen molar-refractivity contribution in [2.75, 3.05) is 14.2 Å². The van der Waals surface area contributed by atoms with Gasteiger partial charge in [0.05, 0.1) is 25.8 Å². The third-order valence-corrected chi connectivity index (χ3v) is 4.62. The lowest BCUT2D eigenvalue weighted by molar-refractivity contribution is -0.137. The van der Waals surface area contributed by atoms with E-state index in [1.54, 1.807) is 26.4 Å². The van der Waals surface area contributed by atoms with Gasteiger partial charge in [-0.15, -0.1) is 0 Å². The van der Waals surface area contributed by atoms with Gasteiger partial charge in [-0.1, -0.05) is 31.5 Å². The molecular formula is C22H26F3NO3. The predicted octanol–water partition coefficient (Wildman–Crippen LogP) is 5.31. The van der Waals surface area contributed by atoms with Crippen LogP contribution in [0.3, 0.4) is 0 Å². The van der Waals surface area contributed by atoms with Crippen LogP contribution in [0.15, 0.2) is 42.5 Å². The van der Waals surface area contributed by atoms with Crippen molar-refractivity contribution in [2.45, 2.75) is 44.8 Å². The summed E-state index contributed by atoms with van der Waals surface area (Å²) in [6, 6.07) is 10.1. The van der Waals surface area contributed by atoms with Gasteiger partial charge in [0.2, 0.25) is 5.91 Å². The van der Waals surface area contributed by atoms with E-state index in [0.29, 0.717) is 29.9 Å². The zero-order chi connectivity index (χ0) is 21.4. The highest BCUT2D eigenvalue weighted by atomic mass is 19.4. The fourth-order valence-electron chi connectivity index (χ4n) is 3.10. The molecular weight excluding hydrogens is 383 g/mol. The standard InChI is InChI=1S/C22H26F3NO3/c1-4-6-18(16-7-5-8-17(14-16)22(23,24)25)26-21(27)12-10-15-9-11-19(28-2)20(13-15)29-3/h5,7-9,11,13-14,18H,4,6,10,12H2,1-3H3,(H,26,27). The minimum atomic E-state index is -4.41. The Morgan fingerprint density at radius 1 is 1.07 bits per heavy atom. The average Bonchev–Trinajstić information content (AvgIpc) is 2.71. The van der Waals surface area contributed by atoms with Gasteiger partial charge in [0.1, 0.15) is 0 Å². The van der Waals surface area contributed by atoms with Crippen LogP contribution >= 0.6 is 0 Å². The first-order valence-electron chi connectivity index (χ1n) is 9.46. The molecule has 0 radical (unpaired) electrons. The highest BCUT2D eigenvalue weighted by molar-refractivity contribution is 5.76. The summed E-state index contributed by atoms with van der Waals surface area (Å²) in [6.07, 6.45) is -2.42. The SMILES string of the molecule is CCCC(NC(=O)CCc1ccc(OC)c(OC)c1)c1cccc(C(F)(F)F)c1. The molecule has 0 spiro atoms. The molecule has 1 unspecified atom stereocenters. The fourth-order valence-corrected chi connectivity index (χ4v) is 3.10. The second-order valence-corrected chi connectivity index (χ2v) is 6.72. The molecule has 0 aliphatic carbocycles. The molecule has 1 N–H and O–H groups in total. The van der Waals surface area contributed by atoms with Gasteiger partial charge in [-0.2, -0.15) is 13.2 Å². The molecule has 0 saturated carbocycles. The Bertz CT molecular complexity index is 821. The van der Waals surface area contributed by atoms with Gasteiger partial charge >= 0.3 is 6.18 Å². The number of aryl methyl sites for hydroxylation is 1. The van der Waals surface area contributed by atoms with E-state index in [1.165, 1.54) is 6.07 Å². The molecule has 0 bridgehead atoms. The summed E-state index contributed by atoms with van der Waals surface area (Å²) >= 11 is 0. The van der Waals surface area contributed by atoms with E-state index in [0.717, 1.165) is 24.1 Å². The van der Waals surface area contributed by atoms with E-state index in [-0.39, 0.29) is 12.3 Å². The van der Waals surface area contributed by atoms with Gasteiger partial charge in [0.15, 0.2) is 11.5 Å². The number of amides is 1. The number of carbonyl (C=O) groups is 1. The van der Waals surface area contributed by atoms with E-state index < -0.39 is 17.8 Å². The van der Waals surface area contributed by atoms with E-state index in [4.69, 9.17) is 9.47 Å². The molecule has 1 amide bonds. The molecule has 0 aliphatic heterocycles. The normalized spacial score (nSPS) is 12.3. The summed E-state index contributed by atoms with van der Waals surface area (Å²) in [5, 5.41) is 2.87. The monoisotopic (exact) mass is 409 g/mol. The molecule has 158 valence electrons. The first-order chi connectivity index (χ1) is 13.8. The molecule has 2 aromatic rings. The molecule has 2 rings (SSSR count). The number of hydrogen-bond acceptors (Lipinski definition) is 3. The first kappa shape index (κ1) is 22.6. The van der Waals surface area contributed by atoms with Gasteiger partial charge in [-0.25, -0.2) is 0 Å². The minimum Gasteiger partial charge on any atom is -0.493 e. The van der Waals surface area contributed by atoms with Crippen molar-refractivity contribution in [2.24, 2.45) is 0 Å². The molecule has 2 aromatic carbocycles. The summed E-state index contributed by atoms with van der Waals surface area (Å²) in [7, 11) is 3.09. The molecule has 0 aromatic heterocycles. The lowest BCUT2D eigenvalue weighted by Crippen LogP contribution is -2.29. The smallest absolute Gasteiger partial charge is 0.416 e.